The molecule has 0 aromatic heterocycles. The maximum atomic E-state index is 12.3. The number of piperidine rings is 1. The van der Waals surface area contributed by atoms with E-state index in [9.17, 15) is 4.79 Å². The molecule has 1 aromatic rings. The molecule has 8 nitrogen and oxygen atoms in total. The van der Waals surface area contributed by atoms with Crippen LogP contribution in [0.1, 0.15) is 61.3 Å². The summed E-state index contributed by atoms with van der Waals surface area (Å²) < 4.78 is 23.8. The maximum Gasteiger partial charge on any atom is 0.494 e. The monoisotopic (exact) mass is 529 g/mol. The van der Waals surface area contributed by atoms with Crippen LogP contribution in [0.5, 0.6) is 5.75 Å². The number of rotatable bonds is 7. The Bertz CT molecular complexity index is 901. The highest BCUT2D eigenvalue weighted by Gasteiger charge is 2.51. The van der Waals surface area contributed by atoms with Gasteiger partial charge >= 0.3 is 13.2 Å². The maximum absolute atomic E-state index is 12.3. The minimum Gasteiger partial charge on any atom is -0.492 e. The lowest BCUT2D eigenvalue weighted by atomic mass is 9.79. The second-order valence-electron chi connectivity index (χ2n) is 13.1. The van der Waals surface area contributed by atoms with Gasteiger partial charge in [0.25, 0.3) is 0 Å². The summed E-state index contributed by atoms with van der Waals surface area (Å²) in [7, 11) is -0.343. The van der Waals surface area contributed by atoms with E-state index in [2.05, 4.69) is 37.5 Å². The van der Waals surface area contributed by atoms with E-state index >= 15 is 0 Å². The van der Waals surface area contributed by atoms with Crippen molar-refractivity contribution < 1.29 is 23.6 Å². The Kier molecular flexibility index (Phi) is 9.02. The summed E-state index contributed by atoms with van der Waals surface area (Å²) in [4.78, 5) is 19.2. The van der Waals surface area contributed by atoms with E-state index in [1.54, 1.807) is 0 Å². The van der Waals surface area contributed by atoms with Crippen molar-refractivity contribution in [1.82, 2.24) is 14.7 Å². The first-order chi connectivity index (χ1) is 17.8. The van der Waals surface area contributed by atoms with Crippen LogP contribution in [-0.2, 0) is 14.0 Å². The number of likely N-dealkylation sites (tertiary alicyclic amines) is 1. The number of hydrogen-bond donors (Lipinski definition) is 0. The van der Waals surface area contributed by atoms with Crippen LogP contribution in [0.4, 0.5) is 4.79 Å². The third-order valence-corrected chi connectivity index (χ3v) is 8.33. The molecule has 1 aromatic carbocycles. The molecule has 0 unspecified atom stereocenters. The van der Waals surface area contributed by atoms with Gasteiger partial charge in [-0.1, -0.05) is 12.1 Å². The highest BCUT2D eigenvalue weighted by atomic mass is 16.7. The molecule has 0 radical (unpaired) electrons. The van der Waals surface area contributed by atoms with Gasteiger partial charge in [0.2, 0.25) is 0 Å². The summed E-state index contributed by atoms with van der Waals surface area (Å²) in [5.41, 5.74) is -0.0921. The van der Waals surface area contributed by atoms with Gasteiger partial charge in [0.15, 0.2) is 0 Å². The first-order valence-corrected chi connectivity index (χ1v) is 14.3. The number of nitrogens with zero attached hydrogens (tertiary/aromatic N) is 3. The fraction of sp³-hybridized carbons (Fsp3) is 0.759. The molecule has 38 heavy (non-hydrogen) atoms. The van der Waals surface area contributed by atoms with Crippen LogP contribution in [0.15, 0.2) is 24.3 Å². The van der Waals surface area contributed by atoms with Crippen molar-refractivity contribution in [2.24, 2.45) is 5.92 Å². The predicted molar refractivity (Wildman–Crippen MR) is 151 cm³/mol. The minimum absolute atomic E-state index is 0.187. The summed E-state index contributed by atoms with van der Waals surface area (Å²) in [5.74, 6) is 1.61. The largest absolute Gasteiger partial charge is 0.494 e. The van der Waals surface area contributed by atoms with Gasteiger partial charge in [0, 0.05) is 39.3 Å². The zero-order valence-corrected chi connectivity index (χ0v) is 24.6. The number of hydrogen-bond acceptors (Lipinski definition) is 7. The van der Waals surface area contributed by atoms with Crippen molar-refractivity contribution >= 4 is 18.7 Å². The molecule has 0 spiro atoms. The number of amides is 1. The Morgan fingerprint density at radius 2 is 1.50 bits per heavy atom. The van der Waals surface area contributed by atoms with Crippen molar-refractivity contribution in [3.8, 4) is 5.75 Å². The van der Waals surface area contributed by atoms with Gasteiger partial charge in [-0.2, -0.15) is 0 Å². The number of carbonyl (C=O) groups excluding carboxylic acids is 1. The summed E-state index contributed by atoms with van der Waals surface area (Å²) >= 11 is 0. The molecule has 212 valence electrons. The van der Waals surface area contributed by atoms with Gasteiger partial charge in [-0.15, -0.1) is 0 Å². The molecule has 3 heterocycles. The Hall–Kier alpha value is -1.81. The van der Waals surface area contributed by atoms with Crippen LogP contribution in [0.3, 0.4) is 0 Å². The number of ether oxygens (including phenoxy) is 2. The van der Waals surface area contributed by atoms with Gasteiger partial charge in [0.05, 0.1) is 11.2 Å². The molecule has 0 aliphatic carbocycles. The molecule has 1 amide bonds. The van der Waals surface area contributed by atoms with Crippen molar-refractivity contribution in [3.05, 3.63) is 24.3 Å². The van der Waals surface area contributed by atoms with Gasteiger partial charge in [-0.3, -0.25) is 9.80 Å². The molecule has 0 atom stereocenters. The lowest BCUT2D eigenvalue weighted by Gasteiger charge is -2.39. The van der Waals surface area contributed by atoms with Crippen LogP contribution in [0, 0.1) is 5.92 Å². The lowest BCUT2D eigenvalue weighted by molar-refractivity contribution is 0.00578. The van der Waals surface area contributed by atoms with Crippen molar-refractivity contribution in [3.63, 3.8) is 0 Å². The number of piperazine rings is 1. The summed E-state index contributed by atoms with van der Waals surface area (Å²) in [6, 6.07) is 8.09. The number of benzene rings is 1. The molecule has 3 aliphatic rings. The molecular weight excluding hydrogens is 481 g/mol. The van der Waals surface area contributed by atoms with E-state index < -0.39 is 5.60 Å². The average Bonchev–Trinajstić information content (AvgIpc) is 3.06. The highest BCUT2D eigenvalue weighted by Crippen LogP contribution is 2.36. The van der Waals surface area contributed by atoms with Crippen molar-refractivity contribution in [2.75, 3.05) is 59.0 Å². The van der Waals surface area contributed by atoms with E-state index in [1.807, 2.05) is 49.9 Å². The minimum atomic E-state index is -0.437. The van der Waals surface area contributed by atoms with Crippen LogP contribution >= 0.6 is 0 Å². The Labute approximate surface area is 230 Å². The van der Waals surface area contributed by atoms with E-state index in [0.717, 1.165) is 69.5 Å². The SMILES string of the molecule is CC(C)(C)OC(=O)N1CCN(CC2CCN(CCOc3ccc(B4OC(C)(C)C(C)(C)O4)cc3)CC2)CC1. The summed E-state index contributed by atoms with van der Waals surface area (Å²) in [6.07, 6.45) is 2.25. The zero-order valence-electron chi connectivity index (χ0n) is 24.6. The first-order valence-electron chi connectivity index (χ1n) is 14.3. The molecular formula is C29H48BN3O5. The first kappa shape index (κ1) is 29.2. The van der Waals surface area contributed by atoms with Crippen LogP contribution in [0.25, 0.3) is 0 Å². The normalized spacial score (nSPS) is 23.0. The van der Waals surface area contributed by atoms with E-state index in [4.69, 9.17) is 18.8 Å². The molecule has 3 aliphatic heterocycles. The second kappa shape index (κ2) is 11.7. The molecule has 0 N–H and O–H groups in total. The molecule has 3 saturated heterocycles. The highest BCUT2D eigenvalue weighted by molar-refractivity contribution is 6.62. The van der Waals surface area contributed by atoms with Gasteiger partial charge in [0.1, 0.15) is 18.0 Å². The average molecular weight is 530 g/mol. The standard InChI is InChI=1S/C29H48BN3O5/c1-27(2,3)36-26(34)33-18-16-32(17-19-33)22-23-12-14-31(15-13-23)20-21-35-25-10-8-24(9-11-25)30-37-28(4,5)29(6,7)38-30/h8-11,23H,12-22H2,1-7H3. The summed E-state index contributed by atoms with van der Waals surface area (Å²) in [5, 5.41) is 0. The Morgan fingerprint density at radius 1 is 0.921 bits per heavy atom. The van der Waals surface area contributed by atoms with Crippen LogP contribution in [0.2, 0.25) is 0 Å². The van der Waals surface area contributed by atoms with Crippen molar-refractivity contribution in [2.45, 2.75) is 78.1 Å². The Balaban J connectivity index is 1.10. The van der Waals surface area contributed by atoms with E-state index in [-0.39, 0.29) is 24.4 Å². The molecule has 9 heteroatoms. The van der Waals surface area contributed by atoms with Crippen LogP contribution < -0.4 is 10.2 Å². The van der Waals surface area contributed by atoms with E-state index in [0.29, 0.717) is 6.61 Å². The lowest BCUT2D eigenvalue weighted by Crippen LogP contribution is -2.51. The number of carbonyl (C=O) groups is 1. The molecule has 3 fully saturated rings. The predicted octanol–water partition coefficient (Wildman–Crippen LogP) is 3.63. The fourth-order valence-corrected chi connectivity index (χ4v) is 5.19. The topological polar surface area (TPSA) is 63.7 Å². The Morgan fingerprint density at radius 3 is 2.05 bits per heavy atom. The van der Waals surface area contributed by atoms with Gasteiger partial charge in [-0.05, 0) is 97.9 Å². The quantitative estimate of drug-likeness (QED) is 0.500. The fourth-order valence-electron chi connectivity index (χ4n) is 5.19. The second-order valence-corrected chi connectivity index (χ2v) is 13.1. The van der Waals surface area contributed by atoms with Crippen LogP contribution in [-0.4, -0.2) is 104 Å². The summed E-state index contributed by atoms with van der Waals surface area (Å²) in [6.45, 7) is 22.4. The van der Waals surface area contributed by atoms with Crippen molar-refractivity contribution in [1.29, 1.82) is 0 Å². The molecule has 0 bridgehead atoms. The third-order valence-electron chi connectivity index (χ3n) is 8.33. The van der Waals surface area contributed by atoms with Gasteiger partial charge < -0.3 is 23.7 Å². The third kappa shape index (κ3) is 7.65. The van der Waals surface area contributed by atoms with Gasteiger partial charge in [-0.25, -0.2) is 4.79 Å². The molecule has 0 saturated carbocycles. The molecule has 4 rings (SSSR count). The van der Waals surface area contributed by atoms with E-state index in [1.165, 1.54) is 12.8 Å². The zero-order chi connectivity index (χ0) is 27.6. The smallest absolute Gasteiger partial charge is 0.492 e.